The summed E-state index contributed by atoms with van der Waals surface area (Å²) in [6.07, 6.45) is 5.31. The molecule has 1 rings (SSSR count). The maximum atomic E-state index is 3.83. The topological polar surface area (TPSA) is 15.3 Å². The van der Waals surface area contributed by atoms with Crippen molar-refractivity contribution >= 4 is 0 Å². The Balaban J connectivity index is 2.56. The van der Waals surface area contributed by atoms with E-state index in [1.54, 1.807) is 0 Å². The lowest BCUT2D eigenvalue weighted by Gasteiger charge is -2.42. The van der Waals surface area contributed by atoms with E-state index in [1.165, 1.54) is 45.3 Å². The van der Waals surface area contributed by atoms with Crippen LogP contribution in [0.2, 0.25) is 0 Å². The van der Waals surface area contributed by atoms with Crippen molar-refractivity contribution in [1.82, 2.24) is 10.2 Å². The first-order valence-corrected chi connectivity index (χ1v) is 8.89. The fourth-order valence-electron chi connectivity index (χ4n) is 3.88. The first-order valence-electron chi connectivity index (χ1n) is 8.89. The summed E-state index contributed by atoms with van der Waals surface area (Å²) in [4.78, 5) is 2.58. The molecule has 0 aromatic heterocycles. The van der Waals surface area contributed by atoms with Crippen molar-refractivity contribution in [1.29, 1.82) is 0 Å². The lowest BCUT2D eigenvalue weighted by Crippen LogP contribution is -2.49. The fraction of sp³-hybridized carbons (Fsp3) is 1.00. The highest BCUT2D eigenvalue weighted by atomic mass is 15.1. The summed E-state index contributed by atoms with van der Waals surface area (Å²) >= 11 is 0. The Kier molecular flexibility index (Phi) is 8.13. The second kappa shape index (κ2) is 9.04. The van der Waals surface area contributed by atoms with Gasteiger partial charge < -0.3 is 10.2 Å². The molecule has 0 radical (unpaired) electrons. The second-order valence-corrected chi connectivity index (χ2v) is 7.51. The molecule has 1 fully saturated rings. The van der Waals surface area contributed by atoms with Crippen LogP contribution in [-0.4, -0.2) is 37.6 Å². The molecule has 0 heterocycles. The van der Waals surface area contributed by atoms with Crippen LogP contribution in [0.3, 0.4) is 0 Å². The van der Waals surface area contributed by atoms with E-state index >= 15 is 0 Å². The molecule has 0 saturated heterocycles. The largest absolute Gasteiger partial charge is 0.314 e. The summed E-state index contributed by atoms with van der Waals surface area (Å²) in [7, 11) is 2.31. The van der Waals surface area contributed by atoms with Gasteiger partial charge in [-0.25, -0.2) is 0 Å². The van der Waals surface area contributed by atoms with Crippen molar-refractivity contribution in [2.75, 3.05) is 26.7 Å². The van der Waals surface area contributed by atoms with Crippen LogP contribution in [0, 0.1) is 23.7 Å². The van der Waals surface area contributed by atoms with Crippen molar-refractivity contribution in [3.63, 3.8) is 0 Å². The molecule has 0 aromatic rings. The van der Waals surface area contributed by atoms with E-state index in [0.717, 1.165) is 29.7 Å². The van der Waals surface area contributed by atoms with E-state index in [9.17, 15) is 0 Å². The van der Waals surface area contributed by atoms with Gasteiger partial charge in [-0.15, -0.1) is 0 Å². The van der Waals surface area contributed by atoms with Gasteiger partial charge in [0.25, 0.3) is 0 Å². The van der Waals surface area contributed by atoms with E-state index in [4.69, 9.17) is 0 Å². The lowest BCUT2D eigenvalue weighted by molar-refractivity contribution is 0.106. The Hall–Kier alpha value is -0.0800. The lowest BCUT2D eigenvalue weighted by atomic mass is 9.72. The Labute approximate surface area is 127 Å². The normalized spacial score (nSPS) is 32.5. The Morgan fingerprint density at radius 1 is 1.20 bits per heavy atom. The quantitative estimate of drug-likeness (QED) is 0.723. The maximum Gasteiger partial charge on any atom is 0.0113 e. The zero-order valence-corrected chi connectivity index (χ0v) is 14.8. The molecule has 2 heteroatoms. The number of rotatable bonds is 8. The van der Waals surface area contributed by atoms with Crippen molar-refractivity contribution < 1.29 is 0 Å². The van der Waals surface area contributed by atoms with E-state index in [-0.39, 0.29) is 0 Å². The molecular weight excluding hydrogens is 244 g/mol. The minimum Gasteiger partial charge on any atom is -0.314 e. The summed E-state index contributed by atoms with van der Waals surface area (Å²) in [5.74, 6) is 3.38. The summed E-state index contributed by atoms with van der Waals surface area (Å²) < 4.78 is 0. The molecule has 1 saturated carbocycles. The SMILES string of the molecule is CCCNC1CC(C)CC(C)C1CN(C)CC(C)CC. The Bertz CT molecular complexity index is 254. The molecule has 0 aliphatic heterocycles. The third kappa shape index (κ3) is 5.73. The first kappa shape index (κ1) is 18.0. The molecule has 120 valence electrons. The third-order valence-corrected chi connectivity index (χ3v) is 5.18. The molecule has 2 nitrogen and oxygen atoms in total. The Morgan fingerprint density at radius 2 is 1.90 bits per heavy atom. The molecule has 1 aliphatic rings. The maximum absolute atomic E-state index is 3.83. The van der Waals surface area contributed by atoms with Crippen LogP contribution < -0.4 is 5.32 Å². The molecular formula is C18H38N2. The zero-order chi connectivity index (χ0) is 15.1. The third-order valence-electron chi connectivity index (χ3n) is 5.18. The number of nitrogens with zero attached hydrogens (tertiary/aromatic N) is 1. The molecule has 0 bridgehead atoms. The average molecular weight is 283 g/mol. The van der Waals surface area contributed by atoms with Gasteiger partial charge in [0.1, 0.15) is 0 Å². The summed E-state index contributed by atoms with van der Waals surface area (Å²) in [6, 6.07) is 0.730. The van der Waals surface area contributed by atoms with Gasteiger partial charge in [0.05, 0.1) is 0 Å². The van der Waals surface area contributed by atoms with Crippen LogP contribution in [0.4, 0.5) is 0 Å². The van der Waals surface area contributed by atoms with Gasteiger partial charge in [-0.2, -0.15) is 0 Å². The minimum absolute atomic E-state index is 0.730. The monoisotopic (exact) mass is 282 g/mol. The number of nitrogens with one attached hydrogen (secondary N) is 1. The highest BCUT2D eigenvalue weighted by Gasteiger charge is 2.34. The smallest absolute Gasteiger partial charge is 0.0113 e. The average Bonchev–Trinajstić information content (AvgIpc) is 2.39. The summed E-state index contributed by atoms with van der Waals surface area (Å²) in [6.45, 7) is 15.5. The number of hydrogen-bond acceptors (Lipinski definition) is 2. The van der Waals surface area contributed by atoms with Crippen molar-refractivity contribution in [2.24, 2.45) is 23.7 Å². The highest BCUT2D eigenvalue weighted by Crippen LogP contribution is 2.34. The summed E-state index contributed by atoms with van der Waals surface area (Å²) in [5, 5.41) is 3.83. The molecule has 5 atom stereocenters. The van der Waals surface area contributed by atoms with E-state index in [1.807, 2.05) is 0 Å². The molecule has 5 unspecified atom stereocenters. The molecule has 1 aliphatic carbocycles. The predicted octanol–water partition coefficient (Wildman–Crippen LogP) is 4.01. The molecule has 0 aromatic carbocycles. The molecule has 0 spiro atoms. The minimum atomic E-state index is 0.730. The van der Waals surface area contributed by atoms with Gasteiger partial charge in [0.2, 0.25) is 0 Å². The van der Waals surface area contributed by atoms with Crippen molar-refractivity contribution in [3.8, 4) is 0 Å². The molecule has 20 heavy (non-hydrogen) atoms. The van der Waals surface area contributed by atoms with Crippen LogP contribution in [0.25, 0.3) is 0 Å². The predicted molar refractivity (Wildman–Crippen MR) is 90.1 cm³/mol. The van der Waals surface area contributed by atoms with Gasteiger partial charge in [0.15, 0.2) is 0 Å². The standard InChI is InChI=1S/C18H38N2/c1-7-9-19-18-11-15(4)10-16(5)17(18)13-20(6)12-14(3)8-2/h14-19H,7-13H2,1-6H3. The van der Waals surface area contributed by atoms with Gasteiger partial charge in [-0.1, -0.05) is 41.0 Å². The summed E-state index contributed by atoms with van der Waals surface area (Å²) in [5.41, 5.74) is 0. The molecule has 1 N–H and O–H groups in total. The van der Waals surface area contributed by atoms with Crippen LogP contribution in [-0.2, 0) is 0 Å². The second-order valence-electron chi connectivity index (χ2n) is 7.51. The van der Waals surface area contributed by atoms with E-state index < -0.39 is 0 Å². The van der Waals surface area contributed by atoms with Crippen molar-refractivity contribution in [2.45, 2.75) is 66.3 Å². The van der Waals surface area contributed by atoms with Crippen LogP contribution >= 0.6 is 0 Å². The van der Waals surface area contributed by atoms with Crippen LogP contribution in [0.15, 0.2) is 0 Å². The van der Waals surface area contributed by atoms with Gasteiger partial charge in [0, 0.05) is 19.1 Å². The highest BCUT2D eigenvalue weighted by molar-refractivity contribution is 4.89. The number of hydrogen-bond donors (Lipinski definition) is 1. The van der Waals surface area contributed by atoms with Crippen LogP contribution in [0.5, 0.6) is 0 Å². The Morgan fingerprint density at radius 3 is 2.50 bits per heavy atom. The van der Waals surface area contributed by atoms with E-state index in [0.29, 0.717) is 0 Å². The zero-order valence-electron chi connectivity index (χ0n) is 14.8. The first-order chi connectivity index (χ1) is 9.47. The van der Waals surface area contributed by atoms with Crippen molar-refractivity contribution in [3.05, 3.63) is 0 Å². The van der Waals surface area contributed by atoms with E-state index in [2.05, 4.69) is 51.9 Å². The molecule has 0 amide bonds. The van der Waals surface area contributed by atoms with Crippen LogP contribution in [0.1, 0.15) is 60.3 Å². The van der Waals surface area contributed by atoms with Gasteiger partial charge in [-0.3, -0.25) is 0 Å². The van der Waals surface area contributed by atoms with Gasteiger partial charge >= 0.3 is 0 Å². The van der Waals surface area contributed by atoms with Gasteiger partial charge in [-0.05, 0) is 56.5 Å². The fourth-order valence-corrected chi connectivity index (χ4v) is 3.88.